The van der Waals surface area contributed by atoms with E-state index in [-0.39, 0.29) is 58.2 Å². The summed E-state index contributed by atoms with van der Waals surface area (Å²) >= 11 is 0. The Morgan fingerprint density at radius 1 is 0.700 bits per heavy atom. The number of hydrogen-bond acceptors (Lipinski definition) is 1. The molecule has 10 heavy (non-hydrogen) atoms. The van der Waals surface area contributed by atoms with Gasteiger partial charge in [-0.05, 0) is 0 Å². The first kappa shape index (κ1) is 14.7. The summed E-state index contributed by atoms with van der Waals surface area (Å²) in [5.74, 6) is 0. The summed E-state index contributed by atoms with van der Waals surface area (Å²) in [6.45, 7) is 14.1. The van der Waals surface area contributed by atoms with Crippen molar-refractivity contribution in [3.8, 4) is 0 Å². The van der Waals surface area contributed by atoms with Crippen LogP contribution >= 0.6 is 0 Å². The maximum absolute atomic E-state index is 3.74. The van der Waals surface area contributed by atoms with E-state index in [0.717, 1.165) is 0 Å². The van der Waals surface area contributed by atoms with Gasteiger partial charge in [0.2, 0.25) is 0 Å². The van der Waals surface area contributed by atoms with Crippen LogP contribution in [0.3, 0.4) is 0 Å². The summed E-state index contributed by atoms with van der Waals surface area (Å²) in [5.41, 5.74) is 0. The molecule has 0 aliphatic carbocycles. The van der Waals surface area contributed by atoms with Crippen LogP contribution in [-0.2, 0) is 0 Å². The summed E-state index contributed by atoms with van der Waals surface area (Å²) < 4.78 is 3.74. The SMILES string of the molecule is C[Si](C)(C)N[Si](C)(C)C.[RbH]. The van der Waals surface area contributed by atoms with Crippen LogP contribution in [0, 0.1) is 0 Å². The molecule has 0 spiro atoms. The summed E-state index contributed by atoms with van der Waals surface area (Å²) in [4.78, 5) is 0. The Bertz CT molecular complexity index is 80.9. The number of hydrogen-bond donors (Lipinski definition) is 1. The van der Waals surface area contributed by atoms with Crippen molar-refractivity contribution < 1.29 is 0 Å². The molecule has 0 aromatic rings. The molecular formula is C6H20NRbSi2. The number of nitrogens with one attached hydrogen (secondary N) is 1. The van der Waals surface area contributed by atoms with E-state index in [1.54, 1.807) is 0 Å². The molecule has 0 aliphatic rings. The Balaban J connectivity index is 0. The van der Waals surface area contributed by atoms with E-state index in [1.165, 1.54) is 0 Å². The van der Waals surface area contributed by atoms with Gasteiger partial charge in [0.05, 0.1) is 0 Å². The topological polar surface area (TPSA) is 12.0 Å². The predicted octanol–water partition coefficient (Wildman–Crippen LogP) is 1.60. The first-order valence-electron chi connectivity index (χ1n) is 3.50. The molecule has 0 amide bonds. The predicted molar refractivity (Wildman–Crippen MR) is 57.0 cm³/mol. The molecule has 58 valence electrons. The Morgan fingerprint density at radius 2 is 0.900 bits per heavy atom. The minimum absolute atomic E-state index is 0. The van der Waals surface area contributed by atoms with E-state index in [2.05, 4.69) is 43.9 Å². The third kappa shape index (κ3) is 12.8. The third-order valence-corrected chi connectivity index (χ3v) is 6.75. The average Bonchev–Trinajstić information content (AvgIpc) is 1.14. The summed E-state index contributed by atoms with van der Waals surface area (Å²) in [6.07, 6.45) is 0. The molecule has 0 heterocycles. The van der Waals surface area contributed by atoms with Gasteiger partial charge in [-0.1, -0.05) is 39.3 Å². The fourth-order valence-corrected chi connectivity index (χ4v) is 10.1. The van der Waals surface area contributed by atoms with Crippen molar-refractivity contribution in [2.75, 3.05) is 0 Å². The molecule has 0 unspecified atom stereocenters. The van der Waals surface area contributed by atoms with Crippen molar-refractivity contribution in [2.24, 2.45) is 0 Å². The van der Waals surface area contributed by atoms with Crippen molar-refractivity contribution in [1.29, 1.82) is 0 Å². The average molecular weight is 248 g/mol. The van der Waals surface area contributed by atoms with Gasteiger partial charge in [0.15, 0.2) is 0 Å². The Hall–Kier alpha value is 2.20. The molecule has 0 aliphatic heterocycles. The van der Waals surface area contributed by atoms with Gasteiger partial charge in [-0.25, -0.2) is 0 Å². The molecule has 0 aromatic carbocycles. The fraction of sp³-hybridized carbons (Fsp3) is 1.00. The summed E-state index contributed by atoms with van der Waals surface area (Å²) in [7, 11) is -1.96. The molecule has 0 rings (SSSR count). The van der Waals surface area contributed by atoms with E-state index >= 15 is 0 Å². The maximum atomic E-state index is 3.74. The second-order valence-corrected chi connectivity index (χ2v) is 14.6. The minimum atomic E-state index is -0.981. The van der Waals surface area contributed by atoms with Crippen LogP contribution in [0.25, 0.3) is 0 Å². The van der Waals surface area contributed by atoms with Crippen LogP contribution in [0.5, 0.6) is 0 Å². The van der Waals surface area contributed by atoms with E-state index in [1.807, 2.05) is 0 Å². The molecular weight excluding hydrogens is 228 g/mol. The van der Waals surface area contributed by atoms with Crippen LogP contribution in [0.15, 0.2) is 0 Å². The van der Waals surface area contributed by atoms with E-state index in [4.69, 9.17) is 0 Å². The first-order valence-corrected chi connectivity index (χ1v) is 10.5. The second-order valence-electron chi connectivity index (χ2n) is 4.62. The van der Waals surface area contributed by atoms with E-state index in [9.17, 15) is 0 Å². The van der Waals surface area contributed by atoms with Gasteiger partial charge >= 0.3 is 58.2 Å². The Kier molecular flexibility index (Phi) is 7.42. The Morgan fingerprint density at radius 3 is 0.900 bits per heavy atom. The van der Waals surface area contributed by atoms with Crippen LogP contribution in [0.1, 0.15) is 0 Å². The van der Waals surface area contributed by atoms with Crippen molar-refractivity contribution in [1.82, 2.24) is 4.65 Å². The van der Waals surface area contributed by atoms with Crippen molar-refractivity contribution in [2.45, 2.75) is 39.3 Å². The van der Waals surface area contributed by atoms with Gasteiger partial charge in [0.1, 0.15) is 16.5 Å². The first-order chi connectivity index (χ1) is 3.71. The molecule has 4 heteroatoms. The van der Waals surface area contributed by atoms with Gasteiger partial charge in [0.25, 0.3) is 0 Å². The number of rotatable bonds is 2. The van der Waals surface area contributed by atoms with Crippen molar-refractivity contribution in [3.05, 3.63) is 0 Å². The molecule has 0 fully saturated rings. The van der Waals surface area contributed by atoms with Crippen LogP contribution in [-0.4, -0.2) is 74.7 Å². The molecule has 0 atom stereocenters. The van der Waals surface area contributed by atoms with Gasteiger partial charge < -0.3 is 4.65 Å². The van der Waals surface area contributed by atoms with Crippen LogP contribution in [0.4, 0.5) is 0 Å². The fourth-order valence-electron chi connectivity index (χ4n) is 1.12. The zero-order chi connectivity index (χ0) is 7.71. The Labute approximate surface area is 116 Å². The molecule has 0 radical (unpaired) electrons. The van der Waals surface area contributed by atoms with E-state index < -0.39 is 16.5 Å². The third-order valence-electron chi connectivity index (χ3n) is 0.750. The zero-order valence-corrected chi connectivity index (χ0v) is 9.50. The monoisotopic (exact) mass is 247 g/mol. The van der Waals surface area contributed by atoms with Crippen molar-refractivity contribution in [3.63, 3.8) is 0 Å². The van der Waals surface area contributed by atoms with Crippen LogP contribution in [0.2, 0.25) is 39.3 Å². The molecule has 0 bridgehead atoms. The van der Waals surface area contributed by atoms with Gasteiger partial charge in [-0.2, -0.15) is 0 Å². The standard InChI is InChI=1S/C6H19NSi2.Rb.H/c1-8(2,3)7-9(4,5)6;;/h7H,1-6H3;;. The second kappa shape index (κ2) is 5.04. The van der Waals surface area contributed by atoms with E-state index in [0.29, 0.717) is 0 Å². The zero-order valence-electron chi connectivity index (χ0n) is 7.50. The summed E-state index contributed by atoms with van der Waals surface area (Å²) in [6, 6.07) is 0. The van der Waals surface area contributed by atoms with Gasteiger partial charge in [-0.3, -0.25) is 0 Å². The quantitative estimate of drug-likeness (QED) is 0.731. The molecule has 1 nitrogen and oxygen atoms in total. The van der Waals surface area contributed by atoms with Gasteiger partial charge in [0, 0.05) is 0 Å². The normalized spacial score (nSPS) is 12.6. The molecule has 0 aromatic heterocycles. The molecule has 0 saturated heterocycles. The summed E-state index contributed by atoms with van der Waals surface area (Å²) in [5, 5.41) is 0. The van der Waals surface area contributed by atoms with Crippen molar-refractivity contribution >= 4 is 74.7 Å². The molecule has 1 N–H and O–H groups in total. The van der Waals surface area contributed by atoms with Crippen LogP contribution < -0.4 is 4.65 Å². The molecule has 0 saturated carbocycles. The van der Waals surface area contributed by atoms with Gasteiger partial charge in [-0.15, -0.1) is 0 Å².